The molecular weight excluding hydrogens is 214 g/mol. The zero-order chi connectivity index (χ0) is 12.1. The smallest absolute Gasteiger partial charge is 0.157 e. The molecule has 1 aromatic carbocycles. The first-order valence-electron chi connectivity index (χ1n) is 5.77. The highest BCUT2D eigenvalue weighted by atomic mass is 16.5. The number of benzene rings is 1. The Hall–Kier alpha value is -1.97. The summed E-state index contributed by atoms with van der Waals surface area (Å²) in [7, 11) is 0. The van der Waals surface area contributed by atoms with Crippen molar-refractivity contribution in [3.63, 3.8) is 0 Å². The first kappa shape index (κ1) is 11.5. The van der Waals surface area contributed by atoms with E-state index in [1.165, 1.54) is 0 Å². The van der Waals surface area contributed by atoms with Crippen LogP contribution >= 0.6 is 0 Å². The van der Waals surface area contributed by atoms with Gasteiger partial charge in [0.25, 0.3) is 0 Å². The summed E-state index contributed by atoms with van der Waals surface area (Å²) in [5.74, 6) is 0.792. The number of nitrogens with two attached hydrogens (primary N) is 1. The molecule has 2 aromatic rings. The van der Waals surface area contributed by atoms with Crippen molar-refractivity contribution in [1.82, 2.24) is 9.78 Å². The molecule has 0 spiro atoms. The zero-order valence-electron chi connectivity index (χ0n) is 9.97. The Bertz CT molecular complexity index is 479. The van der Waals surface area contributed by atoms with Gasteiger partial charge in [0.15, 0.2) is 5.75 Å². The molecule has 2 rings (SSSR count). The van der Waals surface area contributed by atoms with Gasteiger partial charge in [-0.2, -0.15) is 5.10 Å². The lowest BCUT2D eigenvalue weighted by atomic mass is 10.2. The molecule has 0 bridgehead atoms. The van der Waals surface area contributed by atoms with Gasteiger partial charge in [0.2, 0.25) is 0 Å². The van der Waals surface area contributed by atoms with E-state index in [4.69, 9.17) is 10.5 Å². The molecule has 0 saturated carbocycles. The highest BCUT2D eigenvalue weighted by Crippen LogP contribution is 2.13. The van der Waals surface area contributed by atoms with Gasteiger partial charge < -0.3 is 10.5 Å². The van der Waals surface area contributed by atoms with Crippen LogP contribution in [0.2, 0.25) is 0 Å². The lowest BCUT2D eigenvalue weighted by Gasteiger charge is -2.04. The molecule has 0 fully saturated rings. The summed E-state index contributed by atoms with van der Waals surface area (Å²) in [5.41, 5.74) is 7.52. The number of hydrogen-bond acceptors (Lipinski definition) is 3. The number of nitrogen functional groups attached to an aromatic ring is 1. The Balaban J connectivity index is 1.93. The third kappa shape index (κ3) is 3.24. The molecule has 4 heteroatoms. The summed E-state index contributed by atoms with van der Waals surface area (Å²) in [5, 5.41) is 4.20. The second-order valence-corrected chi connectivity index (χ2v) is 3.97. The lowest BCUT2D eigenvalue weighted by molar-refractivity contribution is 0.306. The molecule has 1 heterocycles. The SMILES string of the molecule is CCCn1cc(OCc2cccc(N)c2)cn1. The van der Waals surface area contributed by atoms with E-state index in [2.05, 4.69) is 12.0 Å². The highest BCUT2D eigenvalue weighted by molar-refractivity contribution is 5.40. The number of anilines is 1. The van der Waals surface area contributed by atoms with Gasteiger partial charge in [0, 0.05) is 12.2 Å². The molecular formula is C13H17N3O. The predicted molar refractivity (Wildman–Crippen MR) is 67.7 cm³/mol. The van der Waals surface area contributed by atoms with E-state index in [0.717, 1.165) is 30.0 Å². The molecule has 0 amide bonds. The second-order valence-electron chi connectivity index (χ2n) is 3.97. The van der Waals surface area contributed by atoms with Gasteiger partial charge in [-0.3, -0.25) is 4.68 Å². The minimum Gasteiger partial charge on any atom is -0.486 e. The summed E-state index contributed by atoms with van der Waals surface area (Å²) < 4.78 is 7.52. The summed E-state index contributed by atoms with van der Waals surface area (Å²) in [4.78, 5) is 0. The minimum absolute atomic E-state index is 0.517. The maximum absolute atomic E-state index is 5.70. The second kappa shape index (κ2) is 5.39. The third-order valence-electron chi connectivity index (χ3n) is 2.42. The van der Waals surface area contributed by atoms with Crippen molar-refractivity contribution >= 4 is 5.69 Å². The number of rotatable bonds is 5. The highest BCUT2D eigenvalue weighted by Gasteiger charge is 2.00. The predicted octanol–water partition coefficient (Wildman–Crippen LogP) is 2.45. The number of aromatic nitrogens is 2. The summed E-state index contributed by atoms with van der Waals surface area (Å²) in [6.07, 6.45) is 4.72. The number of nitrogens with zero attached hydrogens (tertiary/aromatic N) is 2. The van der Waals surface area contributed by atoms with Gasteiger partial charge in [0.1, 0.15) is 6.61 Å². The average Bonchev–Trinajstić information content (AvgIpc) is 2.75. The van der Waals surface area contributed by atoms with Crippen LogP contribution in [0.15, 0.2) is 36.7 Å². The molecule has 0 aliphatic rings. The van der Waals surface area contributed by atoms with Gasteiger partial charge in [-0.05, 0) is 24.1 Å². The van der Waals surface area contributed by atoms with E-state index in [0.29, 0.717) is 6.61 Å². The molecule has 4 nitrogen and oxygen atoms in total. The maximum atomic E-state index is 5.70. The minimum atomic E-state index is 0.517. The normalized spacial score (nSPS) is 10.4. The first-order valence-corrected chi connectivity index (χ1v) is 5.77. The maximum Gasteiger partial charge on any atom is 0.157 e. The van der Waals surface area contributed by atoms with Crippen molar-refractivity contribution in [1.29, 1.82) is 0 Å². The molecule has 0 aliphatic heterocycles. The Labute approximate surface area is 101 Å². The Morgan fingerprint density at radius 2 is 2.29 bits per heavy atom. The zero-order valence-corrected chi connectivity index (χ0v) is 9.97. The van der Waals surface area contributed by atoms with Crippen LogP contribution in [0.1, 0.15) is 18.9 Å². The molecule has 0 atom stereocenters. The fourth-order valence-corrected chi connectivity index (χ4v) is 1.62. The van der Waals surface area contributed by atoms with Crippen molar-refractivity contribution in [3.05, 3.63) is 42.2 Å². The van der Waals surface area contributed by atoms with Crippen LogP contribution in [0.4, 0.5) is 5.69 Å². The lowest BCUT2D eigenvalue weighted by Crippen LogP contribution is -1.97. The standard InChI is InChI=1S/C13H17N3O/c1-2-6-16-9-13(8-15-16)17-10-11-4-3-5-12(14)7-11/h3-5,7-9H,2,6,10,14H2,1H3. The van der Waals surface area contributed by atoms with Gasteiger partial charge in [-0.1, -0.05) is 19.1 Å². The Morgan fingerprint density at radius 1 is 1.41 bits per heavy atom. The van der Waals surface area contributed by atoms with E-state index in [-0.39, 0.29) is 0 Å². The van der Waals surface area contributed by atoms with Gasteiger partial charge >= 0.3 is 0 Å². The topological polar surface area (TPSA) is 53.1 Å². The van der Waals surface area contributed by atoms with Crippen LogP contribution in [0.25, 0.3) is 0 Å². The van der Waals surface area contributed by atoms with Crippen LogP contribution in [0.3, 0.4) is 0 Å². The fourth-order valence-electron chi connectivity index (χ4n) is 1.62. The molecule has 1 aromatic heterocycles. The van der Waals surface area contributed by atoms with Crippen LogP contribution in [0, 0.1) is 0 Å². The van der Waals surface area contributed by atoms with Crippen molar-refractivity contribution in [3.8, 4) is 5.75 Å². The largest absolute Gasteiger partial charge is 0.486 e. The van der Waals surface area contributed by atoms with Gasteiger partial charge in [0.05, 0.1) is 12.4 Å². The van der Waals surface area contributed by atoms with Crippen molar-refractivity contribution in [2.24, 2.45) is 0 Å². The van der Waals surface area contributed by atoms with Crippen molar-refractivity contribution < 1.29 is 4.74 Å². The molecule has 0 unspecified atom stereocenters. The van der Waals surface area contributed by atoms with Crippen LogP contribution in [-0.2, 0) is 13.2 Å². The quantitative estimate of drug-likeness (QED) is 0.804. The van der Waals surface area contributed by atoms with E-state index in [1.807, 2.05) is 35.1 Å². The number of ether oxygens (including phenoxy) is 1. The van der Waals surface area contributed by atoms with E-state index in [1.54, 1.807) is 6.20 Å². The van der Waals surface area contributed by atoms with Gasteiger partial charge in [-0.15, -0.1) is 0 Å². The Morgan fingerprint density at radius 3 is 3.06 bits per heavy atom. The van der Waals surface area contributed by atoms with Crippen LogP contribution in [0.5, 0.6) is 5.75 Å². The molecule has 2 N–H and O–H groups in total. The van der Waals surface area contributed by atoms with Crippen LogP contribution in [-0.4, -0.2) is 9.78 Å². The van der Waals surface area contributed by atoms with E-state index in [9.17, 15) is 0 Å². The average molecular weight is 231 g/mol. The van der Waals surface area contributed by atoms with E-state index >= 15 is 0 Å². The molecule has 0 saturated heterocycles. The molecule has 17 heavy (non-hydrogen) atoms. The molecule has 90 valence electrons. The van der Waals surface area contributed by atoms with Crippen LogP contribution < -0.4 is 10.5 Å². The molecule has 0 aliphatic carbocycles. The summed E-state index contributed by atoms with van der Waals surface area (Å²) >= 11 is 0. The third-order valence-corrected chi connectivity index (χ3v) is 2.42. The number of aryl methyl sites for hydroxylation is 1. The summed E-state index contributed by atoms with van der Waals surface area (Å²) in [6.45, 7) is 3.56. The molecule has 0 radical (unpaired) electrons. The van der Waals surface area contributed by atoms with E-state index < -0.39 is 0 Å². The van der Waals surface area contributed by atoms with Crippen molar-refractivity contribution in [2.45, 2.75) is 26.5 Å². The number of hydrogen-bond donors (Lipinski definition) is 1. The Kier molecular flexibility index (Phi) is 3.65. The van der Waals surface area contributed by atoms with Crippen molar-refractivity contribution in [2.75, 3.05) is 5.73 Å². The van der Waals surface area contributed by atoms with Gasteiger partial charge in [-0.25, -0.2) is 0 Å². The first-order chi connectivity index (χ1) is 8.28. The summed E-state index contributed by atoms with van der Waals surface area (Å²) in [6, 6.07) is 7.70. The fraction of sp³-hybridized carbons (Fsp3) is 0.308. The monoisotopic (exact) mass is 231 g/mol.